The van der Waals surface area contributed by atoms with E-state index in [2.05, 4.69) is 0 Å². The molecule has 7 nitrogen and oxygen atoms in total. The molecule has 1 heterocycles. The monoisotopic (exact) mass is 555 g/mol. The second-order valence-electron chi connectivity index (χ2n) is 10.2. The number of hydrogen-bond donors (Lipinski definition) is 1. The van der Waals surface area contributed by atoms with Gasteiger partial charge in [-0.1, -0.05) is 29.8 Å². The van der Waals surface area contributed by atoms with Crippen LogP contribution in [0.4, 0.5) is 4.39 Å². The smallest absolute Gasteiger partial charge is 0.323 e. The van der Waals surface area contributed by atoms with Gasteiger partial charge >= 0.3 is 5.97 Å². The number of rotatable bonds is 10. The van der Waals surface area contributed by atoms with Crippen LogP contribution in [-0.4, -0.2) is 47.2 Å². The Kier molecular flexibility index (Phi) is 8.35. The molecule has 0 saturated carbocycles. The molecule has 1 atom stereocenters. The molecule has 1 amide bonds. The van der Waals surface area contributed by atoms with Crippen molar-refractivity contribution >= 4 is 23.5 Å². The maximum Gasteiger partial charge on any atom is 0.323 e. The molecule has 4 rings (SSSR count). The number of fused-ring (bicyclic) bond motifs is 1. The van der Waals surface area contributed by atoms with Crippen molar-refractivity contribution in [3.8, 4) is 17.2 Å². The molecule has 0 bridgehead atoms. The molecule has 0 spiro atoms. The fourth-order valence-electron chi connectivity index (χ4n) is 4.80. The molecular formula is C30H31ClFNO6. The minimum atomic E-state index is -1.13. The highest BCUT2D eigenvalue weighted by molar-refractivity contribution is 6.30. The topological polar surface area (TPSA) is 85.3 Å². The highest BCUT2D eigenvalue weighted by Crippen LogP contribution is 2.44. The van der Waals surface area contributed by atoms with Gasteiger partial charge in [0.15, 0.2) is 11.5 Å². The van der Waals surface area contributed by atoms with Crippen molar-refractivity contribution in [2.24, 2.45) is 0 Å². The summed E-state index contributed by atoms with van der Waals surface area (Å²) in [5.74, 6) is -0.571. The van der Waals surface area contributed by atoms with Crippen molar-refractivity contribution in [2.75, 3.05) is 13.7 Å². The number of amides is 1. The molecule has 9 heteroatoms. The van der Waals surface area contributed by atoms with Crippen molar-refractivity contribution < 1.29 is 33.3 Å². The van der Waals surface area contributed by atoms with E-state index in [1.54, 1.807) is 30.3 Å². The summed E-state index contributed by atoms with van der Waals surface area (Å²) in [7, 11) is 1.48. The van der Waals surface area contributed by atoms with Gasteiger partial charge in [0.05, 0.1) is 18.2 Å². The van der Waals surface area contributed by atoms with Crippen LogP contribution < -0.4 is 14.2 Å². The lowest BCUT2D eigenvalue weighted by molar-refractivity contribution is -0.137. The molecule has 0 aromatic heterocycles. The molecule has 3 aromatic carbocycles. The standard InChI is InChI=1S/C30H31ClFNO6/c1-18(2)38-23-7-5-6-20(10-23)16-33(17-27(34)35)29(36)21-12-22-15-30(3,39-28(22)26(13-21)37-4)14-19-8-9-24(31)25(32)11-19/h5-13,18H,14-17H2,1-4H3,(H,34,35). The molecule has 0 fully saturated rings. The molecule has 1 aliphatic rings. The van der Waals surface area contributed by atoms with Crippen LogP contribution in [0.15, 0.2) is 54.6 Å². The van der Waals surface area contributed by atoms with Gasteiger partial charge in [-0.15, -0.1) is 0 Å². The van der Waals surface area contributed by atoms with Gasteiger partial charge in [0.25, 0.3) is 5.91 Å². The molecule has 3 aromatic rings. The van der Waals surface area contributed by atoms with Gasteiger partial charge < -0.3 is 24.2 Å². The van der Waals surface area contributed by atoms with Crippen molar-refractivity contribution in [2.45, 2.75) is 51.9 Å². The first-order chi connectivity index (χ1) is 18.5. The highest BCUT2D eigenvalue weighted by atomic mass is 35.5. The Morgan fingerprint density at radius 2 is 1.92 bits per heavy atom. The van der Waals surface area contributed by atoms with Gasteiger partial charge in [0.1, 0.15) is 23.7 Å². The van der Waals surface area contributed by atoms with E-state index in [0.29, 0.717) is 30.1 Å². The van der Waals surface area contributed by atoms with Crippen LogP contribution in [0.5, 0.6) is 17.2 Å². The number of carboxylic acids is 1. The summed E-state index contributed by atoms with van der Waals surface area (Å²) in [5.41, 5.74) is 1.78. The second-order valence-corrected chi connectivity index (χ2v) is 10.6. The molecule has 1 N–H and O–H groups in total. The molecule has 206 valence electrons. The number of benzene rings is 3. The first-order valence-corrected chi connectivity index (χ1v) is 12.9. The summed E-state index contributed by atoms with van der Waals surface area (Å²) in [6, 6.07) is 15.1. The Morgan fingerprint density at radius 1 is 1.15 bits per heavy atom. The quantitative estimate of drug-likeness (QED) is 0.333. The van der Waals surface area contributed by atoms with Crippen molar-refractivity contribution in [1.82, 2.24) is 4.90 Å². The fourth-order valence-corrected chi connectivity index (χ4v) is 4.92. The lowest BCUT2D eigenvalue weighted by Gasteiger charge is -2.24. The third-order valence-electron chi connectivity index (χ3n) is 6.33. The predicted molar refractivity (Wildman–Crippen MR) is 145 cm³/mol. The van der Waals surface area contributed by atoms with Gasteiger partial charge in [0, 0.05) is 30.5 Å². The van der Waals surface area contributed by atoms with Gasteiger partial charge in [0.2, 0.25) is 0 Å². The number of ether oxygens (including phenoxy) is 3. The Morgan fingerprint density at radius 3 is 2.59 bits per heavy atom. The van der Waals surface area contributed by atoms with Crippen LogP contribution in [0.1, 0.15) is 47.8 Å². The van der Waals surface area contributed by atoms with Crippen molar-refractivity contribution in [3.05, 3.63) is 87.7 Å². The third-order valence-corrected chi connectivity index (χ3v) is 6.64. The minimum absolute atomic E-state index is 0.0255. The minimum Gasteiger partial charge on any atom is -0.493 e. The average molecular weight is 556 g/mol. The first-order valence-electron chi connectivity index (χ1n) is 12.6. The highest BCUT2D eigenvalue weighted by Gasteiger charge is 2.38. The lowest BCUT2D eigenvalue weighted by Crippen LogP contribution is -2.35. The van der Waals surface area contributed by atoms with E-state index in [1.807, 2.05) is 32.9 Å². The van der Waals surface area contributed by atoms with Crippen LogP contribution in [-0.2, 0) is 24.2 Å². The number of hydrogen-bond acceptors (Lipinski definition) is 5. The number of methoxy groups -OCH3 is 1. The normalized spacial score (nSPS) is 16.0. The number of halogens is 2. The van der Waals surface area contributed by atoms with Gasteiger partial charge in [-0.3, -0.25) is 9.59 Å². The van der Waals surface area contributed by atoms with Crippen molar-refractivity contribution in [1.29, 1.82) is 0 Å². The Balaban J connectivity index is 1.60. The van der Waals surface area contributed by atoms with E-state index in [1.165, 1.54) is 24.1 Å². The van der Waals surface area contributed by atoms with Crippen LogP contribution in [0.25, 0.3) is 0 Å². The maximum absolute atomic E-state index is 14.0. The summed E-state index contributed by atoms with van der Waals surface area (Å²) in [6.07, 6.45) is 0.821. The number of nitrogens with zero attached hydrogens (tertiary/aromatic N) is 1. The van der Waals surface area contributed by atoms with Crippen LogP contribution in [0, 0.1) is 5.82 Å². The summed E-state index contributed by atoms with van der Waals surface area (Å²) in [5, 5.41) is 9.58. The average Bonchev–Trinajstić information content (AvgIpc) is 3.20. The van der Waals surface area contributed by atoms with Crippen LogP contribution >= 0.6 is 11.6 Å². The molecule has 0 radical (unpaired) electrons. The Bertz CT molecular complexity index is 1390. The lowest BCUT2D eigenvalue weighted by atomic mass is 9.91. The number of carboxylic acid groups (broad SMARTS) is 1. The van der Waals surface area contributed by atoms with Crippen LogP contribution in [0.3, 0.4) is 0 Å². The zero-order valence-electron chi connectivity index (χ0n) is 22.3. The third kappa shape index (κ3) is 6.81. The largest absolute Gasteiger partial charge is 0.493 e. The van der Waals surface area contributed by atoms with E-state index < -0.39 is 29.8 Å². The Labute approximate surface area is 232 Å². The molecule has 0 saturated heterocycles. The molecule has 1 aliphatic heterocycles. The number of aliphatic carboxylic acids is 1. The second kappa shape index (κ2) is 11.5. The molecule has 0 aliphatic carbocycles. The predicted octanol–water partition coefficient (Wildman–Crippen LogP) is 5.94. The Hall–Kier alpha value is -3.78. The first kappa shape index (κ1) is 28.2. The van der Waals surface area contributed by atoms with E-state index in [0.717, 1.165) is 16.7 Å². The van der Waals surface area contributed by atoms with E-state index in [4.69, 9.17) is 25.8 Å². The molecule has 39 heavy (non-hydrogen) atoms. The number of carbonyl (C=O) groups is 2. The molecule has 1 unspecified atom stereocenters. The number of carbonyl (C=O) groups excluding carboxylic acids is 1. The summed E-state index contributed by atoms with van der Waals surface area (Å²) >= 11 is 5.83. The fraction of sp³-hybridized carbons (Fsp3) is 0.333. The van der Waals surface area contributed by atoms with Crippen molar-refractivity contribution in [3.63, 3.8) is 0 Å². The van der Waals surface area contributed by atoms with E-state index in [-0.39, 0.29) is 23.2 Å². The zero-order chi connectivity index (χ0) is 28.3. The SMILES string of the molecule is COc1cc(C(=O)N(CC(=O)O)Cc2cccc(OC(C)C)c2)cc2c1OC(C)(Cc1ccc(Cl)c(F)c1)C2. The van der Waals surface area contributed by atoms with Gasteiger partial charge in [-0.25, -0.2) is 4.39 Å². The summed E-state index contributed by atoms with van der Waals surface area (Å²) in [6.45, 7) is 5.33. The van der Waals surface area contributed by atoms with Gasteiger partial charge in [-0.2, -0.15) is 0 Å². The molecular weight excluding hydrogens is 525 g/mol. The maximum atomic E-state index is 14.0. The summed E-state index contributed by atoms with van der Waals surface area (Å²) in [4.78, 5) is 26.5. The zero-order valence-corrected chi connectivity index (χ0v) is 23.0. The van der Waals surface area contributed by atoms with Crippen LogP contribution in [0.2, 0.25) is 5.02 Å². The van der Waals surface area contributed by atoms with E-state index in [9.17, 15) is 19.1 Å². The van der Waals surface area contributed by atoms with Gasteiger partial charge in [-0.05, 0) is 68.3 Å². The van der Waals surface area contributed by atoms with E-state index >= 15 is 0 Å². The summed E-state index contributed by atoms with van der Waals surface area (Å²) < 4.78 is 31.6.